The minimum Gasteiger partial charge on any atom is -0.478 e. The molecular weight excluding hydrogens is 390 g/mol. The molecule has 0 aliphatic carbocycles. The van der Waals surface area contributed by atoms with Crippen molar-refractivity contribution >= 4 is 28.7 Å². The Morgan fingerprint density at radius 1 is 1.25 bits per heavy atom. The lowest BCUT2D eigenvalue weighted by atomic mass is 10.1. The highest BCUT2D eigenvalue weighted by atomic mass is 35.5. The summed E-state index contributed by atoms with van der Waals surface area (Å²) in [5, 5.41) is 29.5. The summed E-state index contributed by atoms with van der Waals surface area (Å²) in [5.74, 6) is -2.51. The van der Waals surface area contributed by atoms with Crippen LogP contribution in [0.1, 0.15) is 24.8 Å². The summed E-state index contributed by atoms with van der Waals surface area (Å²) < 4.78 is 0. The number of likely N-dealkylation sites (tertiary alicyclic amines) is 1. The zero-order chi connectivity index (χ0) is 20.8. The van der Waals surface area contributed by atoms with E-state index in [1.165, 1.54) is 19.3 Å². The average molecular weight is 414 g/mol. The van der Waals surface area contributed by atoms with Crippen LogP contribution in [0.3, 0.4) is 0 Å². The first kappa shape index (κ1) is 23.5. The van der Waals surface area contributed by atoms with Crippen molar-refractivity contribution in [3.8, 4) is 0 Å². The normalized spacial score (nSPS) is 16.1. The molecule has 2 heterocycles. The van der Waals surface area contributed by atoms with Gasteiger partial charge in [0.1, 0.15) is 12.7 Å². The fraction of sp³-hybridized carbons (Fsp3) is 0.444. The molecule has 10 heteroatoms. The van der Waals surface area contributed by atoms with Crippen molar-refractivity contribution in [2.75, 3.05) is 26.2 Å². The van der Waals surface area contributed by atoms with Crippen LogP contribution >= 0.6 is 11.6 Å². The van der Waals surface area contributed by atoms with Gasteiger partial charge in [0.25, 0.3) is 0 Å². The minimum atomic E-state index is -1.26. The standard InChI is InChI=1S/C14H20ClN3O2.C4H4O4/c15-14(12-5-4-6-16-9-12)17-20-11-13(19)10-18-7-2-1-3-8-18;5-3(6)1-2-4(7)8/h4-6,9,13,19H,1-3,7-8,10-11H2;1-2H,(H,5,6)(H,7,8)/b;2-1-/t13-;/m0./s1. The van der Waals surface area contributed by atoms with Gasteiger partial charge in [-0.3, -0.25) is 4.98 Å². The van der Waals surface area contributed by atoms with Crippen molar-refractivity contribution in [3.05, 3.63) is 42.2 Å². The number of aliphatic hydroxyl groups is 1. The molecule has 3 N–H and O–H groups in total. The van der Waals surface area contributed by atoms with Crippen molar-refractivity contribution < 1.29 is 29.7 Å². The summed E-state index contributed by atoms with van der Waals surface area (Å²) in [7, 11) is 0. The van der Waals surface area contributed by atoms with Gasteiger partial charge in [-0.05, 0) is 38.1 Å². The molecule has 0 unspecified atom stereocenters. The summed E-state index contributed by atoms with van der Waals surface area (Å²) in [6, 6.07) is 3.57. The van der Waals surface area contributed by atoms with Gasteiger partial charge >= 0.3 is 11.9 Å². The molecule has 1 aromatic heterocycles. The van der Waals surface area contributed by atoms with Crippen LogP contribution in [0.25, 0.3) is 0 Å². The number of oxime groups is 1. The third-order valence-electron chi connectivity index (χ3n) is 3.60. The van der Waals surface area contributed by atoms with Crippen LogP contribution < -0.4 is 0 Å². The van der Waals surface area contributed by atoms with Crippen molar-refractivity contribution in [2.45, 2.75) is 25.4 Å². The highest BCUT2D eigenvalue weighted by Gasteiger charge is 2.15. The molecule has 0 bridgehead atoms. The molecule has 0 amide bonds. The molecule has 1 aromatic rings. The number of nitrogens with zero attached hydrogens (tertiary/aromatic N) is 3. The van der Waals surface area contributed by atoms with Crippen molar-refractivity contribution in [1.29, 1.82) is 0 Å². The van der Waals surface area contributed by atoms with E-state index in [2.05, 4.69) is 15.0 Å². The van der Waals surface area contributed by atoms with E-state index >= 15 is 0 Å². The van der Waals surface area contributed by atoms with Crippen molar-refractivity contribution in [1.82, 2.24) is 9.88 Å². The first-order valence-electron chi connectivity index (χ1n) is 8.68. The number of rotatable bonds is 8. The van der Waals surface area contributed by atoms with Gasteiger partial charge in [0, 0.05) is 36.7 Å². The number of carbonyl (C=O) groups is 2. The monoisotopic (exact) mass is 413 g/mol. The number of halogens is 1. The molecule has 0 saturated carbocycles. The number of pyridine rings is 1. The maximum atomic E-state index is 9.89. The van der Waals surface area contributed by atoms with Gasteiger partial charge in [0.15, 0.2) is 5.17 Å². The molecule has 0 radical (unpaired) electrons. The van der Waals surface area contributed by atoms with Crippen LogP contribution in [0, 0.1) is 0 Å². The predicted octanol–water partition coefficient (Wildman–Crippen LogP) is 1.56. The number of aliphatic hydroxyl groups excluding tert-OH is 1. The van der Waals surface area contributed by atoms with Crippen LogP contribution in [-0.4, -0.2) is 74.7 Å². The Morgan fingerprint density at radius 2 is 1.89 bits per heavy atom. The second-order valence-electron chi connectivity index (χ2n) is 5.94. The zero-order valence-corrected chi connectivity index (χ0v) is 16.0. The topological polar surface area (TPSA) is 133 Å². The Labute approximate surface area is 167 Å². The number of carboxylic acid groups (broad SMARTS) is 2. The Hall–Kier alpha value is -2.49. The number of carboxylic acids is 2. The molecule has 1 aliphatic heterocycles. The first-order valence-corrected chi connectivity index (χ1v) is 9.06. The smallest absolute Gasteiger partial charge is 0.328 e. The molecule has 0 spiro atoms. The van der Waals surface area contributed by atoms with Gasteiger partial charge in [0.05, 0.1) is 0 Å². The Balaban J connectivity index is 0.000000416. The lowest BCUT2D eigenvalue weighted by molar-refractivity contribution is -0.134. The van der Waals surface area contributed by atoms with Crippen LogP contribution in [0.4, 0.5) is 0 Å². The van der Waals surface area contributed by atoms with Crippen LogP contribution in [0.2, 0.25) is 0 Å². The molecule has 2 rings (SSSR count). The molecule has 1 saturated heterocycles. The summed E-state index contributed by atoms with van der Waals surface area (Å²) in [6.45, 7) is 2.88. The number of hydrogen-bond donors (Lipinski definition) is 3. The third-order valence-corrected chi connectivity index (χ3v) is 3.88. The highest BCUT2D eigenvalue weighted by molar-refractivity contribution is 6.69. The van der Waals surface area contributed by atoms with E-state index in [0.29, 0.717) is 24.3 Å². The van der Waals surface area contributed by atoms with Crippen LogP contribution in [0.5, 0.6) is 0 Å². The first-order chi connectivity index (χ1) is 13.4. The quantitative estimate of drug-likeness (QED) is 0.332. The Morgan fingerprint density at radius 3 is 2.43 bits per heavy atom. The lowest BCUT2D eigenvalue weighted by Crippen LogP contribution is -2.38. The number of aromatic nitrogens is 1. The van der Waals surface area contributed by atoms with Gasteiger partial charge in [-0.2, -0.15) is 0 Å². The maximum absolute atomic E-state index is 9.89. The van der Waals surface area contributed by atoms with E-state index in [0.717, 1.165) is 13.1 Å². The molecule has 1 aliphatic rings. The second kappa shape index (κ2) is 13.6. The minimum absolute atomic E-state index is 0.146. The summed E-state index contributed by atoms with van der Waals surface area (Å²) >= 11 is 5.97. The van der Waals surface area contributed by atoms with Gasteiger partial charge in [-0.25, -0.2) is 9.59 Å². The Kier molecular flexibility index (Phi) is 11.5. The number of hydrogen-bond acceptors (Lipinski definition) is 7. The second-order valence-corrected chi connectivity index (χ2v) is 6.30. The Bertz CT molecular complexity index is 647. The van der Waals surface area contributed by atoms with Crippen LogP contribution in [-0.2, 0) is 14.4 Å². The molecule has 1 fully saturated rings. The highest BCUT2D eigenvalue weighted by Crippen LogP contribution is 2.09. The van der Waals surface area contributed by atoms with Gasteiger partial charge < -0.3 is 25.1 Å². The zero-order valence-electron chi connectivity index (χ0n) is 15.3. The van der Waals surface area contributed by atoms with Gasteiger partial charge in [-0.1, -0.05) is 23.2 Å². The number of β-amino-alcohol motifs (C(OH)–C–C–N with tert-alkyl or cyclic N) is 1. The predicted molar refractivity (Wildman–Crippen MR) is 103 cm³/mol. The largest absolute Gasteiger partial charge is 0.478 e. The summed E-state index contributed by atoms with van der Waals surface area (Å²) in [4.78, 5) is 30.4. The van der Waals surface area contributed by atoms with E-state index < -0.39 is 18.0 Å². The molecule has 28 heavy (non-hydrogen) atoms. The molecule has 154 valence electrons. The van der Waals surface area contributed by atoms with Gasteiger partial charge in [0.2, 0.25) is 0 Å². The third kappa shape index (κ3) is 11.3. The number of piperidine rings is 1. The fourth-order valence-corrected chi connectivity index (χ4v) is 2.51. The number of aliphatic carboxylic acids is 2. The van der Waals surface area contributed by atoms with E-state index in [-0.39, 0.29) is 11.8 Å². The van der Waals surface area contributed by atoms with E-state index in [9.17, 15) is 14.7 Å². The lowest BCUT2D eigenvalue weighted by Gasteiger charge is -2.27. The van der Waals surface area contributed by atoms with E-state index in [1.54, 1.807) is 24.5 Å². The molecule has 9 nitrogen and oxygen atoms in total. The van der Waals surface area contributed by atoms with Crippen molar-refractivity contribution in [2.24, 2.45) is 5.16 Å². The molecule has 0 aromatic carbocycles. The maximum Gasteiger partial charge on any atom is 0.328 e. The molecular formula is C18H24ClN3O6. The molecule has 1 atom stereocenters. The summed E-state index contributed by atoms with van der Waals surface area (Å²) in [5.41, 5.74) is 0.694. The summed E-state index contributed by atoms with van der Waals surface area (Å²) in [6.07, 6.45) is 7.54. The fourth-order valence-electron chi connectivity index (χ4n) is 2.35. The van der Waals surface area contributed by atoms with E-state index in [1.807, 2.05) is 0 Å². The van der Waals surface area contributed by atoms with Crippen molar-refractivity contribution in [3.63, 3.8) is 0 Å². The SMILES string of the molecule is O=C(O)/C=C\C(=O)O.O[C@H](CON=C(Cl)c1cccnc1)CN1CCCCC1. The van der Waals surface area contributed by atoms with Gasteiger partial charge in [-0.15, -0.1) is 0 Å². The average Bonchev–Trinajstić information content (AvgIpc) is 2.68. The van der Waals surface area contributed by atoms with E-state index in [4.69, 9.17) is 26.7 Å². The van der Waals surface area contributed by atoms with Crippen LogP contribution in [0.15, 0.2) is 41.8 Å².